The lowest BCUT2D eigenvalue weighted by atomic mass is 10.0. The van der Waals surface area contributed by atoms with Gasteiger partial charge in [-0.05, 0) is 19.9 Å². The van der Waals surface area contributed by atoms with Crippen LogP contribution in [0.3, 0.4) is 0 Å². The van der Waals surface area contributed by atoms with Gasteiger partial charge in [-0.2, -0.15) is 0 Å². The van der Waals surface area contributed by atoms with E-state index in [-0.39, 0.29) is 18.2 Å². The number of carbonyl (C=O) groups is 1. The summed E-state index contributed by atoms with van der Waals surface area (Å²) in [6, 6.07) is -0.196. The summed E-state index contributed by atoms with van der Waals surface area (Å²) in [4.78, 5) is 18.8. The SMILES string of the molecule is CN[C@H]1C/C(=N\OC2CCCCO2)CN(C)C1=O. The summed E-state index contributed by atoms with van der Waals surface area (Å²) >= 11 is 0. The normalized spacial score (nSPS) is 31.8. The van der Waals surface area contributed by atoms with E-state index in [1.165, 1.54) is 0 Å². The lowest BCUT2D eigenvalue weighted by Gasteiger charge is -2.30. The van der Waals surface area contributed by atoms with Crippen LogP contribution in [-0.2, 0) is 14.4 Å². The first-order chi connectivity index (χ1) is 8.70. The predicted molar refractivity (Wildman–Crippen MR) is 67.2 cm³/mol. The maximum atomic E-state index is 11.8. The molecule has 2 aliphatic rings. The molecule has 1 unspecified atom stereocenters. The van der Waals surface area contributed by atoms with E-state index < -0.39 is 0 Å². The number of hydrogen-bond donors (Lipinski definition) is 1. The van der Waals surface area contributed by atoms with Crippen LogP contribution in [0.25, 0.3) is 0 Å². The van der Waals surface area contributed by atoms with Crippen molar-refractivity contribution in [1.29, 1.82) is 0 Å². The molecule has 1 amide bonds. The van der Waals surface area contributed by atoms with E-state index in [1.807, 2.05) is 0 Å². The van der Waals surface area contributed by atoms with Gasteiger partial charge in [0.05, 0.1) is 24.9 Å². The van der Waals surface area contributed by atoms with Crippen LogP contribution in [0.1, 0.15) is 25.7 Å². The third-order valence-electron chi connectivity index (χ3n) is 3.32. The molecule has 18 heavy (non-hydrogen) atoms. The molecule has 0 saturated carbocycles. The van der Waals surface area contributed by atoms with Gasteiger partial charge in [-0.3, -0.25) is 4.79 Å². The van der Waals surface area contributed by atoms with Crippen LogP contribution in [0.5, 0.6) is 0 Å². The Hall–Kier alpha value is -1.14. The number of amides is 1. The van der Waals surface area contributed by atoms with Crippen molar-refractivity contribution in [2.75, 3.05) is 27.2 Å². The average molecular weight is 255 g/mol. The van der Waals surface area contributed by atoms with Gasteiger partial charge in [0.2, 0.25) is 12.2 Å². The Morgan fingerprint density at radius 3 is 3.00 bits per heavy atom. The molecule has 0 aliphatic carbocycles. The van der Waals surface area contributed by atoms with Crippen molar-refractivity contribution in [1.82, 2.24) is 10.2 Å². The van der Waals surface area contributed by atoms with Crippen molar-refractivity contribution in [2.24, 2.45) is 5.16 Å². The topological polar surface area (TPSA) is 63.2 Å². The highest BCUT2D eigenvalue weighted by atomic mass is 16.8. The third kappa shape index (κ3) is 3.20. The molecule has 2 aliphatic heterocycles. The molecule has 0 bridgehead atoms. The summed E-state index contributed by atoms with van der Waals surface area (Å²) in [5.74, 6) is 0.102. The first-order valence-corrected chi connectivity index (χ1v) is 6.46. The summed E-state index contributed by atoms with van der Waals surface area (Å²) in [7, 11) is 3.56. The number of likely N-dealkylation sites (tertiary alicyclic amines) is 1. The molecule has 6 nitrogen and oxygen atoms in total. The van der Waals surface area contributed by atoms with Gasteiger partial charge in [0.15, 0.2) is 0 Å². The number of carbonyl (C=O) groups excluding carboxylic acids is 1. The van der Waals surface area contributed by atoms with E-state index in [1.54, 1.807) is 19.0 Å². The van der Waals surface area contributed by atoms with Crippen molar-refractivity contribution in [3.8, 4) is 0 Å². The van der Waals surface area contributed by atoms with Crippen LogP contribution in [0.4, 0.5) is 0 Å². The highest BCUT2D eigenvalue weighted by molar-refractivity contribution is 5.98. The molecule has 0 aromatic rings. The quantitative estimate of drug-likeness (QED) is 0.738. The van der Waals surface area contributed by atoms with Gasteiger partial charge in [-0.25, -0.2) is 0 Å². The van der Waals surface area contributed by atoms with Crippen LogP contribution < -0.4 is 5.32 Å². The highest BCUT2D eigenvalue weighted by Gasteiger charge is 2.29. The molecule has 1 N–H and O–H groups in total. The van der Waals surface area contributed by atoms with Gasteiger partial charge in [-0.1, -0.05) is 5.16 Å². The van der Waals surface area contributed by atoms with Crippen molar-refractivity contribution < 1.29 is 14.4 Å². The van der Waals surface area contributed by atoms with E-state index in [4.69, 9.17) is 9.57 Å². The number of piperidine rings is 1. The van der Waals surface area contributed by atoms with E-state index in [0.717, 1.165) is 31.6 Å². The molecule has 2 saturated heterocycles. The molecule has 0 spiro atoms. The fourth-order valence-electron chi connectivity index (χ4n) is 2.22. The van der Waals surface area contributed by atoms with Gasteiger partial charge in [-0.15, -0.1) is 0 Å². The molecule has 0 aromatic carbocycles. The summed E-state index contributed by atoms with van der Waals surface area (Å²) in [5.41, 5.74) is 0.880. The van der Waals surface area contributed by atoms with Crippen LogP contribution in [0.15, 0.2) is 5.16 Å². The number of ether oxygens (including phenoxy) is 1. The van der Waals surface area contributed by atoms with E-state index in [9.17, 15) is 4.79 Å². The highest BCUT2D eigenvalue weighted by Crippen LogP contribution is 2.15. The molecule has 2 heterocycles. The van der Waals surface area contributed by atoms with Crippen molar-refractivity contribution in [2.45, 2.75) is 38.0 Å². The van der Waals surface area contributed by atoms with Crippen LogP contribution >= 0.6 is 0 Å². The zero-order chi connectivity index (χ0) is 13.0. The second-order valence-corrected chi connectivity index (χ2v) is 4.80. The molecule has 102 valence electrons. The largest absolute Gasteiger partial charge is 0.364 e. The molecule has 2 atom stereocenters. The Balaban J connectivity index is 1.89. The zero-order valence-electron chi connectivity index (χ0n) is 11.0. The fraction of sp³-hybridized carbons (Fsp3) is 0.833. The van der Waals surface area contributed by atoms with Crippen LogP contribution in [-0.4, -0.2) is 56.1 Å². The number of nitrogens with zero attached hydrogens (tertiary/aromatic N) is 2. The smallest absolute Gasteiger partial charge is 0.240 e. The van der Waals surface area contributed by atoms with Crippen molar-refractivity contribution >= 4 is 11.6 Å². The Morgan fingerprint density at radius 2 is 2.33 bits per heavy atom. The summed E-state index contributed by atoms with van der Waals surface area (Å²) in [6.07, 6.45) is 3.48. The monoisotopic (exact) mass is 255 g/mol. The summed E-state index contributed by atoms with van der Waals surface area (Å²) in [6.45, 7) is 1.27. The standard InChI is InChI=1S/C12H21N3O3/c1-13-10-7-9(8-15(2)12(10)16)14-18-11-5-3-4-6-17-11/h10-11,13H,3-8H2,1-2H3/b14-9+/t10-,11?/m0/s1. The Kier molecular flexibility index (Phi) is 4.54. The number of likely N-dealkylation sites (N-methyl/N-ethyl adjacent to an activating group) is 2. The lowest BCUT2D eigenvalue weighted by Crippen LogP contribution is -2.51. The molecule has 0 aromatic heterocycles. The van der Waals surface area contributed by atoms with Crippen LogP contribution in [0, 0.1) is 0 Å². The summed E-state index contributed by atoms with van der Waals surface area (Å²) in [5, 5.41) is 7.14. The van der Waals surface area contributed by atoms with E-state index in [2.05, 4.69) is 10.5 Å². The minimum Gasteiger partial charge on any atom is -0.364 e. The second-order valence-electron chi connectivity index (χ2n) is 4.80. The first-order valence-electron chi connectivity index (χ1n) is 6.46. The van der Waals surface area contributed by atoms with Crippen molar-refractivity contribution in [3.05, 3.63) is 0 Å². The van der Waals surface area contributed by atoms with Gasteiger partial charge in [0.25, 0.3) is 0 Å². The summed E-state index contributed by atoms with van der Waals surface area (Å²) < 4.78 is 5.44. The van der Waals surface area contributed by atoms with Gasteiger partial charge < -0.3 is 19.8 Å². The lowest BCUT2D eigenvalue weighted by molar-refractivity contribution is -0.162. The predicted octanol–water partition coefficient (Wildman–Crippen LogP) is 0.336. The molecular formula is C12H21N3O3. The third-order valence-corrected chi connectivity index (χ3v) is 3.32. The Morgan fingerprint density at radius 1 is 1.50 bits per heavy atom. The molecule has 2 fully saturated rings. The maximum Gasteiger partial charge on any atom is 0.240 e. The number of nitrogens with one attached hydrogen (secondary N) is 1. The number of hydrogen-bond acceptors (Lipinski definition) is 5. The molecule has 0 radical (unpaired) electrons. The van der Waals surface area contributed by atoms with Crippen LogP contribution in [0.2, 0.25) is 0 Å². The maximum absolute atomic E-state index is 11.8. The fourth-order valence-corrected chi connectivity index (χ4v) is 2.22. The van der Waals surface area contributed by atoms with E-state index in [0.29, 0.717) is 13.0 Å². The first kappa shape index (κ1) is 13.3. The minimum atomic E-state index is -0.220. The molecule has 2 rings (SSSR count). The Bertz CT molecular complexity index is 327. The van der Waals surface area contributed by atoms with Gasteiger partial charge in [0, 0.05) is 19.9 Å². The Labute approximate surface area is 107 Å². The minimum absolute atomic E-state index is 0.102. The number of rotatable bonds is 3. The zero-order valence-corrected chi connectivity index (χ0v) is 11.0. The van der Waals surface area contributed by atoms with E-state index >= 15 is 0 Å². The van der Waals surface area contributed by atoms with Gasteiger partial charge in [0.1, 0.15) is 0 Å². The average Bonchev–Trinajstić information content (AvgIpc) is 2.41. The van der Waals surface area contributed by atoms with Crippen molar-refractivity contribution in [3.63, 3.8) is 0 Å². The number of oxime groups is 1. The van der Waals surface area contributed by atoms with Gasteiger partial charge >= 0.3 is 0 Å². The molecule has 6 heteroatoms. The second kappa shape index (κ2) is 6.15. The molecular weight excluding hydrogens is 234 g/mol.